The van der Waals surface area contributed by atoms with Gasteiger partial charge in [-0.2, -0.15) is 0 Å². The molecular formula is C28H28N6O. The van der Waals surface area contributed by atoms with Gasteiger partial charge in [0.1, 0.15) is 17.3 Å². The number of likely N-dealkylation sites (N-methyl/N-ethyl adjacent to an activating group) is 1. The number of para-hydroxylation sites is 1. The van der Waals surface area contributed by atoms with Gasteiger partial charge in [-0.1, -0.05) is 24.3 Å². The number of aromatic amines is 1. The highest BCUT2D eigenvalue weighted by Gasteiger charge is 2.18. The van der Waals surface area contributed by atoms with Gasteiger partial charge in [-0.15, -0.1) is 0 Å². The number of aromatic nitrogens is 5. The lowest BCUT2D eigenvalue weighted by molar-refractivity contribution is 0.321. The molecule has 5 aromatic rings. The van der Waals surface area contributed by atoms with Gasteiger partial charge >= 0.3 is 0 Å². The topological polar surface area (TPSA) is 79.8 Å². The van der Waals surface area contributed by atoms with Crippen molar-refractivity contribution < 1.29 is 4.74 Å². The van der Waals surface area contributed by atoms with E-state index in [1.54, 1.807) is 13.3 Å². The summed E-state index contributed by atoms with van der Waals surface area (Å²) in [6.45, 7) is 3.53. The fourth-order valence-electron chi connectivity index (χ4n) is 4.19. The van der Waals surface area contributed by atoms with Crippen LogP contribution in [0, 0.1) is 6.92 Å². The van der Waals surface area contributed by atoms with Gasteiger partial charge in [0.15, 0.2) is 0 Å². The third kappa shape index (κ3) is 5.05. The molecule has 0 aliphatic heterocycles. The molecule has 0 fully saturated rings. The van der Waals surface area contributed by atoms with Gasteiger partial charge in [0.25, 0.3) is 0 Å². The number of hydrogen-bond donors (Lipinski definition) is 1. The first-order chi connectivity index (χ1) is 17.1. The molecule has 7 heteroatoms. The van der Waals surface area contributed by atoms with Gasteiger partial charge in [0.2, 0.25) is 0 Å². The number of imidazole rings is 1. The van der Waals surface area contributed by atoms with Crippen molar-refractivity contribution in [1.29, 1.82) is 0 Å². The lowest BCUT2D eigenvalue weighted by Gasteiger charge is -2.16. The van der Waals surface area contributed by atoms with Crippen molar-refractivity contribution in [1.82, 2.24) is 29.8 Å². The highest BCUT2D eigenvalue weighted by atomic mass is 16.5. The highest BCUT2D eigenvalue weighted by molar-refractivity contribution is 5.81. The largest absolute Gasteiger partial charge is 0.496 e. The lowest BCUT2D eigenvalue weighted by atomic mass is 10.1. The number of methoxy groups -OCH3 is 1. The fourth-order valence-corrected chi connectivity index (χ4v) is 4.19. The van der Waals surface area contributed by atoms with Crippen LogP contribution in [-0.2, 0) is 13.0 Å². The predicted octanol–water partition coefficient (Wildman–Crippen LogP) is 5.07. The maximum atomic E-state index is 5.50. The van der Waals surface area contributed by atoms with Gasteiger partial charge in [0.05, 0.1) is 41.8 Å². The number of nitrogens with zero attached hydrogens (tertiary/aromatic N) is 5. The summed E-state index contributed by atoms with van der Waals surface area (Å²) in [5, 5.41) is 0. The second-order valence-corrected chi connectivity index (χ2v) is 8.61. The summed E-state index contributed by atoms with van der Waals surface area (Å²) < 4.78 is 5.50. The van der Waals surface area contributed by atoms with E-state index in [2.05, 4.69) is 28.0 Å². The van der Waals surface area contributed by atoms with Crippen molar-refractivity contribution in [2.24, 2.45) is 0 Å². The fraction of sp³-hybridized carbons (Fsp3) is 0.214. The third-order valence-corrected chi connectivity index (χ3v) is 5.97. The number of pyridine rings is 3. The zero-order valence-electron chi connectivity index (χ0n) is 20.2. The monoisotopic (exact) mass is 464 g/mol. The first-order valence-electron chi connectivity index (χ1n) is 11.7. The van der Waals surface area contributed by atoms with Gasteiger partial charge < -0.3 is 9.72 Å². The van der Waals surface area contributed by atoms with Crippen molar-refractivity contribution in [2.75, 3.05) is 20.7 Å². The quantitative estimate of drug-likeness (QED) is 0.345. The Bertz CT molecular complexity index is 1460. The van der Waals surface area contributed by atoms with Crippen LogP contribution in [0.15, 0.2) is 72.9 Å². The number of ether oxygens (including phenoxy) is 1. The van der Waals surface area contributed by atoms with E-state index in [1.807, 2.05) is 67.6 Å². The molecule has 7 nitrogen and oxygen atoms in total. The van der Waals surface area contributed by atoms with Crippen molar-refractivity contribution in [3.63, 3.8) is 0 Å². The molecule has 1 aromatic carbocycles. The number of fused-ring (bicyclic) bond motifs is 1. The number of rotatable bonds is 8. The molecule has 0 saturated carbocycles. The molecule has 0 unspecified atom stereocenters. The summed E-state index contributed by atoms with van der Waals surface area (Å²) >= 11 is 0. The van der Waals surface area contributed by atoms with E-state index in [1.165, 1.54) is 5.56 Å². The molecule has 0 aliphatic rings. The molecule has 0 bridgehead atoms. The Morgan fingerprint density at radius 2 is 1.74 bits per heavy atom. The molecule has 0 spiro atoms. The van der Waals surface area contributed by atoms with Crippen LogP contribution >= 0.6 is 0 Å². The van der Waals surface area contributed by atoms with Crippen molar-refractivity contribution in [3.8, 4) is 28.5 Å². The van der Waals surface area contributed by atoms with Crippen LogP contribution in [0.5, 0.6) is 5.75 Å². The van der Waals surface area contributed by atoms with Crippen LogP contribution in [-0.4, -0.2) is 50.5 Å². The minimum Gasteiger partial charge on any atom is -0.496 e. The number of nitrogens with one attached hydrogen (secondary N) is 1. The molecule has 0 atom stereocenters. The van der Waals surface area contributed by atoms with Crippen LogP contribution in [0.2, 0.25) is 0 Å². The average molecular weight is 465 g/mol. The molecule has 0 radical (unpaired) electrons. The van der Waals surface area contributed by atoms with Crippen LogP contribution in [0.3, 0.4) is 0 Å². The van der Waals surface area contributed by atoms with E-state index in [0.717, 1.165) is 64.0 Å². The number of H-pyrrole nitrogens is 1. The summed E-state index contributed by atoms with van der Waals surface area (Å²) in [6.07, 6.45) is 2.67. The Morgan fingerprint density at radius 3 is 2.60 bits per heavy atom. The van der Waals surface area contributed by atoms with Crippen LogP contribution in [0.25, 0.3) is 33.8 Å². The minimum atomic E-state index is 0.670. The first kappa shape index (κ1) is 22.7. The van der Waals surface area contributed by atoms with Crippen LogP contribution < -0.4 is 4.74 Å². The van der Waals surface area contributed by atoms with Crippen molar-refractivity contribution in [2.45, 2.75) is 19.9 Å². The van der Waals surface area contributed by atoms with E-state index in [-0.39, 0.29) is 0 Å². The van der Waals surface area contributed by atoms with Crippen molar-refractivity contribution in [3.05, 3.63) is 90.0 Å². The summed E-state index contributed by atoms with van der Waals surface area (Å²) in [5.74, 6) is 1.79. The Morgan fingerprint density at radius 1 is 0.857 bits per heavy atom. The molecule has 1 N–H and O–H groups in total. The summed E-state index contributed by atoms with van der Waals surface area (Å²) in [5.41, 5.74) is 7.16. The van der Waals surface area contributed by atoms with Crippen LogP contribution in [0.1, 0.15) is 17.1 Å². The summed E-state index contributed by atoms with van der Waals surface area (Å²) in [4.78, 5) is 24.7. The zero-order valence-corrected chi connectivity index (χ0v) is 20.2. The summed E-state index contributed by atoms with van der Waals surface area (Å²) in [6, 6.07) is 22.0. The predicted molar refractivity (Wildman–Crippen MR) is 138 cm³/mol. The Balaban J connectivity index is 1.44. The van der Waals surface area contributed by atoms with Crippen molar-refractivity contribution >= 4 is 11.0 Å². The SMILES string of the molecule is COc1ccccc1CCN(C)Cc1nc(-c2cccc(C)n2)c(-c2ccc3ncccc3n2)[nH]1. The number of benzene rings is 1. The van der Waals surface area contributed by atoms with E-state index in [9.17, 15) is 0 Å². The second-order valence-electron chi connectivity index (χ2n) is 8.61. The maximum absolute atomic E-state index is 5.50. The molecule has 5 rings (SSSR count). The summed E-state index contributed by atoms with van der Waals surface area (Å²) in [7, 11) is 3.81. The normalized spacial score (nSPS) is 11.3. The molecule has 4 aromatic heterocycles. The molecule has 35 heavy (non-hydrogen) atoms. The number of aryl methyl sites for hydroxylation is 1. The molecule has 4 heterocycles. The minimum absolute atomic E-state index is 0.670. The Hall–Kier alpha value is -4.10. The van der Waals surface area contributed by atoms with Gasteiger partial charge in [-0.05, 0) is 68.4 Å². The lowest BCUT2D eigenvalue weighted by Crippen LogP contribution is -2.21. The molecule has 0 saturated heterocycles. The molecular weight excluding hydrogens is 436 g/mol. The van der Waals surface area contributed by atoms with E-state index in [0.29, 0.717) is 6.54 Å². The Kier molecular flexibility index (Phi) is 6.50. The van der Waals surface area contributed by atoms with E-state index >= 15 is 0 Å². The Labute approximate surface area is 204 Å². The first-order valence-corrected chi connectivity index (χ1v) is 11.7. The standard InChI is InChI=1S/C28H28N6O/c1-19-8-6-10-23(30-19)27-28(24-14-13-21-22(31-24)11-7-16-29-21)33-26(32-27)18-34(2)17-15-20-9-4-5-12-25(20)35-3/h4-14,16H,15,17-18H2,1-3H3,(H,32,33). The van der Waals surface area contributed by atoms with Gasteiger partial charge in [-0.25, -0.2) is 9.97 Å². The smallest absolute Gasteiger partial charge is 0.122 e. The van der Waals surface area contributed by atoms with E-state index < -0.39 is 0 Å². The molecule has 0 aliphatic carbocycles. The zero-order chi connectivity index (χ0) is 24.2. The van der Waals surface area contributed by atoms with Gasteiger partial charge in [-0.3, -0.25) is 14.9 Å². The van der Waals surface area contributed by atoms with E-state index in [4.69, 9.17) is 19.7 Å². The van der Waals surface area contributed by atoms with Gasteiger partial charge in [0, 0.05) is 18.4 Å². The maximum Gasteiger partial charge on any atom is 0.122 e. The average Bonchev–Trinajstić information content (AvgIpc) is 3.31. The molecule has 0 amide bonds. The number of hydrogen-bond acceptors (Lipinski definition) is 6. The highest BCUT2D eigenvalue weighted by Crippen LogP contribution is 2.29. The second kappa shape index (κ2) is 10.0. The van der Waals surface area contributed by atoms with Crippen LogP contribution in [0.4, 0.5) is 0 Å². The molecule has 176 valence electrons. The third-order valence-electron chi connectivity index (χ3n) is 5.97.